The molecule has 0 unspecified atom stereocenters. The van der Waals surface area contributed by atoms with Crippen LogP contribution >= 0.6 is 23.2 Å². The van der Waals surface area contributed by atoms with Gasteiger partial charge in [0.1, 0.15) is 29.8 Å². The lowest BCUT2D eigenvalue weighted by Crippen LogP contribution is -2.45. The van der Waals surface area contributed by atoms with E-state index >= 15 is 0 Å². The third kappa shape index (κ3) is 10.2. The molecule has 1 heterocycles. The number of benzene rings is 2. The van der Waals surface area contributed by atoms with Crippen LogP contribution in [0.4, 0.5) is 0 Å². The predicted molar refractivity (Wildman–Crippen MR) is 188 cm³/mol. The van der Waals surface area contributed by atoms with Crippen LogP contribution in [0.5, 0.6) is 5.75 Å². The average molecular weight is 717 g/mol. The summed E-state index contributed by atoms with van der Waals surface area (Å²) in [7, 11) is 0. The molecule has 0 radical (unpaired) electrons. The number of halogens is 2. The molecule has 1 aromatic heterocycles. The van der Waals surface area contributed by atoms with Crippen molar-refractivity contribution in [2.24, 2.45) is 0 Å². The highest BCUT2D eigenvalue weighted by Gasteiger charge is 2.48. The molecule has 0 saturated heterocycles. The Kier molecular flexibility index (Phi) is 13.5. The lowest BCUT2D eigenvalue weighted by Gasteiger charge is -2.25. The van der Waals surface area contributed by atoms with Crippen LogP contribution in [0.2, 0.25) is 10.0 Å². The smallest absolute Gasteiger partial charge is 0.133 e. The number of aliphatic hydroxyl groups is 5. The van der Waals surface area contributed by atoms with Crippen molar-refractivity contribution in [3.8, 4) is 16.9 Å². The Hall–Kier alpha value is -2.60. The number of rotatable bonds is 21. The van der Waals surface area contributed by atoms with Crippen molar-refractivity contribution < 1.29 is 39.8 Å². The van der Waals surface area contributed by atoms with Crippen molar-refractivity contribution in [3.05, 3.63) is 81.6 Å². The van der Waals surface area contributed by atoms with Gasteiger partial charge in [-0.1, -0.05) is 54.2 Å². The minimum atomic E-state index is -1.69. The van der Waals surface area contributed by atoms with Crippen LogP contribution < -0.4 is 4.74 Å². The number of carbonyl (C=O) groups is 1. The maximum atomic E-state index is 12.2. The number of hydrogen-bond acceptors (Lipinski definition) is 9. The number of aryl methyl sites for hydroxylation is 1. The number of hydrogen-bond donors (Lipinski definition) is 5. The molecule has 0 spiro atoms. The molecule has 0 aliphatic heterocycles. The number of unbranched alkanes of at least 4 members (excludes halogenated alkanes) is 3. The second kappa shape index (κ2) is 17.6. The van der Waals surface area contributed by atoms with Crippen molar-refractivity contribution in [1.29, 1.82) is 0 Å². The Morgan fingerprint density at radius 3 is 2.31 bits per heavy atom. The van der Waals surface area contributed by atoms with E-state index in [1.807, 2.05) is 48.8 Å². The molecule has 2 aromatic carbocycles. The fourth-order valence-electron chi connectivity index (χ4n) is 6.06. The summed E-state index contributed by atoms with van der Waals surface area (Å²) in [6.07, 6.45) is 6.16. The summed E-state index contributed by atoms with van der Waals surface area (Å²) in [6.45, 7) is -0.422. The minimum Gasteiger partial charge on any atom is -0.490 e. The van der Waals surface area contributed by atoms with Gasteiger partial charge in [-0.2, -0.15) is 0 Å². The number of ketones is 1. The van der Waals surface area contributed by atoms with Gasteiger partial charge < -0.3 is 35.0 Å². The second-order valence-electron chi connectivity index (χ2n) is 13.3. The van der Waals surface area contributed by atoms with Crippen LogP contribution in [0.15, 0.2) is 54.9 Å². The zero-order valence-corrected chi connectivity index (χ0v) is 29.2. The fraction of sp³-hybridized carbons (Fsp3) is 0.526. The van der Waals surface area contributed by atoms with E-state index in [4.69, 9.17) is 37.8 Å². The summed E-state index contributed by atoms with van der Waals surface area (Å²) in [4.78, 5) is 16.7. The van der Waals surface area contributed by atoms with Crippen LogP contribution in [0.1, 0.15) is 87.3 Å². The van der Waals surface area contributed by atoms with Gasteiger partial charge in [0.2, 0.25) is 0 Å². The van der Waals surface area contributed by atoms with Crippen LogP contribution in [0.3, 0.4) is 0 Å². The first kappa shape index (κ1) is 37.7. The zero-order valence-electron chi connectivity index (χ0n) is 27.6. The quantitative estimate of drug-likeness (QED) is 0.0827. The van der Waals surface area contributed by atoms with Gasteiger partial charge in [-0.05, 0) is 92.3 Å². The van der Waals surface area contributed by atoms with E-state index in [-0.39, 0.29) is 18.6 Å². The second-order valence-corrected chi connectivity index (χ2v) is 14.2. The minimum absolute atomic E-state index is 0.0364. The molecule has 49 heavy (non-hydrogen) atoms. The van der Waals surface area contributed by atoms with Crippen molar-refractivity contribution in [2.45, 2.75) is 120 Å². The molecule has 5 N–H and O–H groups in total. The largest absolute Gasteiger partial charge is 0.490 e. The maximum absolute atomic E-state index is 12.2. The van der Waals surface area contributed by atoms with Gasteiger partial charge in [0, 0.05) is 46.4 Å². The molecule has 5 rings (SSSR count). The van der Waals surface area contributed by atoms with Crippen LogP contribution in [0.25, 0.3) is 11.1 Å². The van der Waals surface area contributed by atoms with E-state index in [1.165, 1.54) is 0 Å². The van der Waals surface area contributed by atoms with Gasteiger partial charge in [-0.15, -0.1) is 0 Å². The van der Waals surface area contributed by atoms with E-state index < -0.39 is 36.6 Å². The Balaban J connectivity index is 1.06. The van der Waals surface area contributed by atoms with Crippen LogP contribution in [-0.4, -0.2) is 73.4 Å². The molecule has 11 heteroatoms. The summed E-state index contributed by atoms with van der Waals surface area (Å²) in [6, 6.07) is 14.0. The summed E-state index contributed by atoms with van der Waals surface area (Å²) in [5.41, 5.74) is 4.52. The molecule has 2 aliphatic rings. The van der Waals surface area contributed by atoms with Gasteiger partial charge in [-0.25, -0.2) is 0 Å². The SMILES string of the molecule is O=C(CCCCCCc1cc(Cl)c(COC2(c3cnccc3-c3ccccc3OC3CC3)CC2)cc1Cl)CC[C@@H](O)[C@H](O)[C@@H](O)[C@@H](O)CO. The van der Waals surface area contributed by atoms with Crippen molar-refractivity contribution in [1.82, 2.24) is 4.98 Å². The van der Waals surface area contributed by atoms with Crippen LogP contribution in [-0.2, 0) is 28.2 Å². The Labute approximate surface area is 297 Å². The first-order valence-electron chi connectivity index (χ1n) is 17.3. The molecule has 2 saturated carbocycles. The number of carbonyl (C=O) groups excluding carboxylic acids is 1. The number of nitrogens with zero attached hydrogens (tertiary/aromatic N) is 1. The van der Waals surface area contributed by atoms with Crippen LogP contribution in [0, 0.1) is 0 Å². The first-order valence-corrected chi connectivity index (χ1v) is 18.0. The summed E-state index contributed by atoms with van der Waals surface area (Å²) in [5, 5.41) is 49.1. The van der Waals surface area contributed by atoms with Gasteiger partial charge in [0.25, 0.3) is 0 Å². The van der Waals surface area contributed by atoms with Gasteiger partial charge in [0.05, 0.1) is 31.0 Å². The maximum Gasteiger partial charge on any atom is 0.133 e. The lowest BCUT2D eigenvalue weighted by molar-refractivity contribution is -0.125. The lowest BCUT2D eigenvalue weighted by atomic mass is 9.96. The molecule has 266 valence electrons. The summed E-state index contributed by atoms with van der Waals surface area (Å²) >= 11 is 13.4. The standard InChI is InChI=1S/C38H47Cl2NO8/c39-31-20-25(23-48-38(16-17-38)30-21-41-18-15-28(30)29-9-5-6-10-35(29)49-27-12-13-27)32(40)19-24(31)7-3-1-2-4-8-26(43)11-14-33(44)36(46)37(47)34(45)22-42/h5-6,9-10,15,18-21,27,33-34,36-37,42,44-47H,1-4,7-8,11-14,16-17,22-23H2/t33-,34+,36+,37+/m1/s1. The number of aromatic nitrogens is 1. The van der Waals surface area contributed by atoms with Gasteiger partial charge >= 0.3 is 0 Å². The monoisotopic (exact) mass is 715 g/mol. The summed E-state index contributed by atoms with van der Waals surface area (Å²) in [5.74, 6) is 0.841. The highest BCUT2D eigenvalue weighted by molar-refractivity contribution is 6.34. The molecule has 4 atom stereocenters. The number of Topliss-reactive ketones (excluding diaryl/α,β-unsaturated/α-hetero) is 1. The third-order valence-electron chi connectivity index (χ3n) is 9.43. The first-order chi connectivity index (χ1) is 23.6. The average Bonchev–Trinajstić information content (AvgIpc) is 4.06. The molecular formula is C38H47Cl2NO8. The van der Waals surface area contributed by atoms with E-state index in [0.29, 0.717) is 35.6 Å². The highest BCUT2D eigenvalue weighted by atomic mass is 35.5. The number of ether oxygens (including phenoxy) is 2. The zero-order chi connectivity index (χ0) is 35.0. The molecule has 9 nitrogen and oxygen atoms in total. The number of para-hydroxylation sites is 1. The third-order valence-corrected chi connectivity index (χ3v) is 10.1. The number of pyridine rings is 1. The van der Waals surface area contributed by atoms with Gasteiger partial charge in [-0.3, -0.25) is 9.78 Å². The van der Waals surface area contributed by atoms with Crippen molar-refractivity contribution >= 4 is 29.0 Å². The fourth-order valence-corrected chi connectivity index (χ4v) is 6.58. The van der Waals surface area contributed by atoms with E-state index in [0.717, 1.165) is 84.9 Å². The van der Waals surface area contributed by atoms with E-state index in [2.05, 4.69) is 11.1 Å². The van der Waals surface area contributed by atoms with E-state index in [1.54, 1.807) is 0 Å². The Morgan fingerprint density at radius 2 is 1.57 bits per heavy atom. The predicted octanol–water partition coefficient (Wildman–Crippen LogP) is 6.08. The molecule has 3 aromatic rings. The normalized spacial score (nSPS) is 17.7. The van der Waals surface area contributed by atoms with Gasteiger partial charge in [0.15, 0.2) is 0 Å². The van der Waals surface area contributed by atoms with E-state index in [9.17, 15) is 25.2 Å². The Morgan fingerprint density at radius 1 is 0.878 bits per heavy atom. The summed E-state index contributed by atoms with van der Waals surface area (Å²) < 4.78 is 12.8. The molecule has 0 bridgehead atoms. The molecular weight excluding hydrogens is 669 g/mol. The topological polar surface area (TPSA) is 150 Å². The van der Waals surface area contributed by atoms with Crippen molar-refractivity contribution in [3.63, 3.8) is 0 Å². The number of aliphatic hydroxyl groups excluding tert-OH is 5. The molecule has 2 fully saturated rings. The highest BCUT2D eigenvalue weighted by Crippen LogP contribution is 2.53. The van der Waals surface area contributed by atoms with Crippen molar-refractivity contribution in [2.75, 3.05) is 6.61 Å². The molecule has 0 amide bonds. The molecule has 2 aliphatic carbocycles. The Bertz CT molecular complexity index is 1550.